The molecule has 1 N–H and O–H groups in total. The second-order valence-corrected chi connectivity index (χ2v) is 13.0. The lowest BCUT2D eigenvalue weighted by Gasteiger charge is -2.33. The summed E-state index contributed by atoms with van der Waals surface area (Å²) in [5, 5.41) is 2.55. The fourth-order valence-corrected chi connectivity index (χ4v) is 7.22. The van der Waals surface area contributed by atoms with Crippen LogP contribution in [0.4, 0.5) is 0 Å². The molecule has 1 aromatic heterocycles. The van der Waals surface area contributed by atoms with Crippen LogP contribution in [0.2, 0.25) is 0 Å². The standard InChI is InChI=1S/C34H40N2O11S/c1-40-22-8-10-24(11-9-22)48(38,39)29-20-36(14-12-35-29)13-7-15-46-34-31(37)30-25(42-3)18-23(41-2)19-26(30)47-32(34)21-16-27(43-4)33(45-6)28(17-21)44-5/h8-11,16-19,29,35H,7,12-15,20H2,1-6H3. The maximum Gasteiger partial charge on any atom is 0.239 e. The van der Waals surface area contributed by atoms with Crippen molar-refractivity contribution < 1.29 is 46.0 Å². The maximum absolute atomic E-state index is 14.1. The summed E-state index contributed by atoms with van der Waals surface area (Å²) in [6, 6.07) is 12.9. The molecule has 0 bridgehead atoms. The molecule has 1 unspecified atom stereocenters. The van der Waals surface area contributed by atoms with E-state index >= 15 is 0 Å². The SMILES string of the molecule is COc1ccc(S(=O)(=O)C2CN(CCCOc3c(-c4cc(OC)c(OC)c(OC)c4)oc4cc(OC)cc(OC)c4c3=O)CCN2)cc1. The summed E-state index contributed by atoms with van der Waals surface area (Å²) in [6.45, 7) is 2.13. The molecule has 3 aromatic carbocycles. The van der Waals surface area contributed by atoms with Gasteiger partial charge in [0.05, 0.1) is 54.2 Å². The van der Waals surface area contributed by atoms with Gasteiger partial charge in [0.25, 0.3) is 0 Å². The number of nitrogens with one attached hydrogen (secondary N) is 1. The summed E-state index contributed by atoms with van der Waals surface area (Å²) in [5.41, 5.74) is 0.249. The molecular formula is C34H40N2O11S. The minimum atomic E-state index is -3.63. The molecule has 0 spiro atoms. The molecule has 13 nitrogen and oxygen atoms in total. The van der Waals surface area contributed by atoms with E-state index in [4.69, 9.17) is 37.6 Å². The van der Waals surface area contributed by atoms with Gasteiger partial charge in [-0.15, -0.1) is 0 Å². The number of methoxy groups -OCH3 is 6. The predicted molar refractivity (Wildman–Crippen MR) is 179 cm³/mol. The second-order valence-electron chi connectivity index (χ2n) is 10.9. The number of piperazine rings is 1. The Morgan fingerprint density at radius 2 is 1.48 bits per heavy atom. The Morgan fingerprint density at radius 1 is 0.812 bits per heavy atom. The Kier molecular flexibility index (Phi) is 10.9. The van der Waals surface area contributed by atoms with Gasteiger partial charge in [-0.25, -0.2) is 8.42 Å². The molecule has 0 amide bonds. The van der Waals surface area contributed by atoms with Gasteiger partial charge in [0.15, 0.2) is 27.1 Å². The molecule has 258 valence electrons. The van der Waals surface area contributed by atoms with E-state index in [1.807, 2.05) is 0 Å². The van der Waals surface area contributed by atoms with Gasteiger partial charge in [-0.2, -0.15) is 0 Å². The third-order valence-electron chi connectivity index (χ3n) is 8.13. The van der Waals surface area contributed by atoms with Crippen molar-refractivity contribution in [2.45, 2.75) is 16.7 Å². The molecule has 0 radical (unpaired) electrons. The van der Waals surface area contributed by atoms with Gasteiger partial charge in [0, 0.05) is 43.9 Å². The third kappa shape index (κ3) is 6.96. The molecular weight excluding hydrogens is 644 g/mol. The van der Waals surface area contributed by atoms with Crippen LogP contribution in [-0.4, -0.2) is 94.1 Å². The van der Waals surface area contributed by atoms with Crippen LogP contribution in [0.3, 0.4) is 0 Å². The first kappa shape index (κ1) is 34.7. The highest BCUT2D eigenvalue weighted by molar-refractivity contribution is 7.92. The molecule has 48 heavy (non-hydrogen) atoms. The number of ether oxygens (including phenoxy) is 7. The Labute approximate surface area is 279 Å². The zero-order chi connectivity index (χ0) is 34.4. The van der Waals surface area contributed by atoms with Gasteiger partial charge in [0.2, 0.25) is 16.9 Å². The number of benzene rings is 3. The fourth-order valence-electron chi connectivity index (χ4n) is 5.63. The van der Waals surface area contributed by atoms with Gasteiger partial charge >= 0.3 is 0 Å². The lowest BCUT2D eigenvalue weighted by molar-refractivity contribution is 0.202. The normalized spacial score (nSPS) is 15.2. The van der Waals surface area contributed by atoms with Crippen molar-refractivity contribution in [2.24, 2.45) is 0 Å². The largest absolute Gasteiger partial charge is 0.497 e. The van der Waals surface area contributed by atoms with Crippen LogP contribution in [0.5, 0.6) is 40.2 Å². The van der Waals surface area contributed by atoms with E-state index in [0.29, 0.717) is 66.9 Å². The molecule has 1 aliphatic rings. The van der Waals surface area contributed by atoms with E-state index < -0.39 is 20.6 Å². The van der Waals surface area contributed by atoms with Gasteiger partial charge in [-0.1, -0.05) is 0 Å². The molecule has 1 atom stereocenters. The first-order chi connectivity index (χ1) is 23.2. The lowest BCUT2D eigenvalue weighted by atomic mass is 10.1. The fraction of sp³-hybridized carbons (Fsp3) is 0.382. The summed E-state index contributed by atoms with van der Waals surface area (Å²) >= 11 is 0. The van der Waals surface area contributed by atoms with Crippen LogP contribution in [0.1, 0.15) is 6.42 Å². The van der Waals surface area contributed by atoms with Gasteiger partial charge < -0.3 is 37.6 Å². The van der Waals surface area contributed by atoms with Crippen molar-refractivity contribution >= 4 is 20.8 Å². The molecule has 1 fully saturated rings. The van der Waals surface area contributed by atoms with Gasteiger partial charge in [-0.05, 0) is 42.8 Å². The number of rotatable bonds is 14. The molecule has 1 saturated heterocycles. The molecule has 4 aromatic rings. The van der Waals surface area contributed by atoms with Crippen molar-refractivity contribution in [1.82, 2.24) is 10.2 Å². The van der Waals surface area contributed by atoms with Crippen molar-refractivity contribution in [3.63, 3.8) is 0 Å². The van der Waals surface area contributed by atoms with E-state index in [2.05, 4.69) is 10.2 Å². The smallest absolute Gasteiger partial charge is 0.239 e. The first-order valence-corrected chi connectivity index (χ1v) is 16.7. The lowest BCUT2D eigenvalue weighted by Crippen LogP contribution is -2.54. The number of sulfone groups is 1. The van der Waals surface area contributed by atoms with E-state index in [0.717, 1.165) is 0 Å². The quantitative estimate of drug-likeness (QED) is 0.191. The molecule has 2 heterocycles. The zero-order valence-corrected chi connectivity index (χ0v) is 28.6. The minimum absolute atomic E-state index is 0.0273. The molecule has 5 rings (SSSR count). The summed E-state index contributed by atoms with van der Waals surface area (Å²) in [6.07, 6.45) is 0.501. The molecule has 1 aliphatic heterocycles. The average molecular weight is 685 g/mol. The average Bonchev–Trinajstić information content (AvgIpc) is 3.12. The van der Waals surface area contributed by atoms with Gasteiger partial charge in [0.1, 0.15) is 33.6 Å². The van der Waals surface area contributed by atoms with Crippen LogP contribution in [0.15, 0.2) is 62.6 Å². The summed E-state index contributed by atoms with van der Waals surface area (Å²) < 4.78 is 71.9. The predicted octanol–water partition coefficient (Wildman–Crippen LogP) is 3.99. The summed E-state index contributed by atoms with van der Waals surface area (Å²) in [5.74, 6) is 2.51. The van der Waals surface area contributed by atoms with Crippen LogP contribution >= 0.6 is 0 Å². The van der Waals surface area contributed by atoms with E-state index in [-0.39, 0.29) is 39.7 Å². The topological polar surface area (TPSA) is 144 Å². The van der Waals surface area contributed by atoms with Crippen molar-refractivity contribution in [2.75, 3.05) is 75.4 Å². The van der Waals surface area contributed by atoms with Crippen molar-refractivity contribution in [3.05, 3.63) is 58.8 Å². The van der Waals surface area contributed by atoms with Crippen molar-refractivity contribution in [1.29, 1.82) is 0 Å². The molecule has 0 saturated carbocycles. The van der Waals surface area contributed by atoms with Gasteiger partial charge in [-0.3, -0.25) is 15.0 Å². The van der Waals surface area contributed by atoms with E-state index in [1.165, 1.54) is 42.7 Å². The molecule has 14 heteroatoms. The highest BCUT2D eigenvalue weighted by atomic mass is 32.2. The van der Waals surface area contributed by atoms with E-state index in [9.17, 15) is 13.2 Å². The Morgan fingerprint density at radius 3 is 2.08 bits per heavy atom. The number of hydrogen-bond acceptors (Lipinski definition) is 13. The van der Waals surface area contributed by atoms with Crippen LogP contribution < -0.4 is 43.9 Å². The van der Waals surface area contributed by atoms with Crippen LogP contribution in [0, 0.1) is 0 Å². The van der Waals surface area contributed by atoms with Crippen LogP contribution in [-0.2, 0) is 9.84 Å². The molecule has 0 aliphatic carbocycles. The van der Waals surface area contributed by atoms with Crippen molar-refractivity contribution in [3.8, 4) is 51.6 Å². The first-order valence-electron chi connectivity index (χ1n) is 15.2. The maximum atomic E-state index is 14.1. The Hall–Kier alpha value is -4.66. The number of hydrogen-bond donors (Lipinski definition) is 1. The number of fused-ring (bicyclic) bond motifs is 1. The zero-order valence-electron chi connectivity index (χ0n) is 27.8. The van der Waals surface area contributed by atoms with E-state index in [1.54, 1.807) is 48.5 Å². The third-order valence-corrected chi connectivity index (χ3v) is 10.1. The minimum Gasteiger partial charge on any atom is -0.497 e. The summed E-state index contributed by atoms with van der Waals surface area (Å²) in [4.78, 5) is 16.4. The monoisotopic (exact) mass is 684 g/mol. The summed E-state index contributed by atoms with van der Waals surface area (Å²) in [7, 11) is 5.35. The Bertz CT molecular complexity index is 1880. The van der Waals surface area contributed by atoms with Crippen LogP contribution in [0.25, 0.3) is 22.3 Å². The highest BCUT2D eigenvalue weighted by Gasteiger charge is 2.32. The number of nitrogens with zero attached hydrogens (tertiary/aromatic N) is 1. The highest BCUT2D eigenvalue weighted by Crippen LogP contribution is 2.44. The second kappa shape index (κ2) is 15.0. The Balaban J connectivity index is 1.41.